The van der Waals surface area contributed by atoms with Gasteiger partial charge in [0.05, 0.1) is 12.9 Å². The average Bonchev–Trinajstić information content (AvgIpc) is 3.08. The molecule has 2 atom stereocenters. The molecule has 0 aromatic carbocycles. The first-order valence-corrected chi connectivity index (χ1v) is 12.0. The highest BCUT2D eigenvalue weighted by Gasteiger charge is 2.45. The van der Waals surface area contributed by atoms with E-state index in [2.05, 4.69) is 48.8 Å². The molecule has 1 aliphatic rings. The van der Waals surface area contributed by atoms with Gasteiger partial charge in [0.2, 0.25) is 0 Å². The molecule has 0 bridgehead atoms. The van der Waals surface area contributed by atoms with Crippen LogP contribution in [-0.2, 0) is 13.9 Å². The lowest BCUT2D eigenvalue weighted by Crippen LogP contribution is -2.46. The standard InChI is InChI=1S/C17H27ClN4O3Si/c1-16(2,3)26(6,7)25-15(11-8-23-17(4,5)24-11)22-10-21-12-13(18)19-9-20-14(12)22/h9-11,15H,8H2,1-7H3/t11-,15+/m1/s1. The second-order valence-corrected chi connectivity index (χ2v) is 13.7. The van der Waals surface area contributed by atoms with Crippen LogP contribution >= 0.6 is 11.6 Å². The Hall–Kier alpha value is -1.06. The van der Waals surface area contributed by atoms with E-state index in [4.69, 9.17) is 25.5 Å². The molecule has 0 saturated carbocycles. The van der Waals surface area contributed by atoms with Gasteiger partial charge >= 0.3 is 0 Å². The fraction of sp³-hybridized carbons (Fsp3) is 0.706. The third kappa shape index (κ3) is 3.66. The van der Waals surface area contributed by atoms with E-state index in [0.717, 1.165) is 0 Å². The zero-order chi connectivity index (χ0) is 19.3. The van der Waals surface area contributed by atoms with Gasteiger partial charge in [-0.2, -0.15) is 0 Å². The summed E-state index contributed by atoms with van der Waals surface area (Å²) in [7, 11) is -2.10. The van der Waals surface area contributed by atoms with Crippen molar-refractivity contribution in [3.63, 3.8) is 0 Å². The SMILES string of the molecule is CC1(C)OC[C@H]([C@H](O[Si](C)(C)C(C)(C)C)n2cnc3c(Cl)ncnc32)O1. The van der Waals surface area contributed by atoms with Crippen LogP contribution in [0.3, 0.4) is 0 Å². The van der Waals surface area contributed by atoms with Crippen LogP contribution in [0.15, 0.2) is 12.7 Å². The van der Waals surface area contributed by atoms with E-state index in [1.54, 1.807) is 6.33 Å². The average molecular weight is 399 g/mol. The minimum absolute atomic E-state index is 0.0449. The van der Waals surface area contributed by atoms with Gasteiger partial charge in [-0.3, -0.25) is 4.57 Å². The maximum Gasteiger partial charge on any atom is 0.194 e. The van der Waals surface area contributed by atoms with E-state index >= 15 is 0 Å². The van der Waals surface area contributed by atoms with Crippen LogP contribution in [0, 0.1) is 0 Å². The Morgan fingerprint density at radius 3 is 2.58 bits per heavy atom. The van der Waals surface area contributed by atoms with Gasteiger partial charge in [-0.25, -0.2) is 15.0 Å². The second-order valence-electron chi connectivity index (χ2n) is 8.62. The van der Waals surface area contributed by atoms with E-state index in [0.29, 0.717) is 22.9 Å². The first-order chi connectivity index (χ1) is 11.9. The topological polar surface area (TPSA) is 71.3 Å². The molecule has 0 radical (unpaired) electrons. The van der Waals surface area contributed by atoms with Crippen LogP contribution in [0.5, 0.6) is 0 Å². The van der Waals surface area contributed by atoms with Crippen molar-refractivity contribution in [2.24, 2.45) is 0 Å². The highest BCUT2D eigenvalue weighted by atomic mass is 35.5. The summed E-state index contributed by atoms with van der Waals surface area (Å²) in [5.74, 6) is -0.650. The maximum atomic E-state index is 6.73. The molecule has 1 fully saturated rings. The Bertz CT molecular complexity index is 803. The van der Waals surface area contributed by atoms with Crippen molar-refractivity contribution >= 4 is 31.1 Å². The Labute approximate surface area is 160 Å². The Kier molecular flexibility index (Phi) is 4.94. The Morgan fingerprint density at radius 2 is 2.00 bits per heavy atom. The molecule has 1 saturated heterocycles. The molecule has 9 heteroatoms. The van der Waals surface area contributed by atoms with Gasteiger partial charge in [-0.1, -0.05) is 32.4 Å². The zero-order valence-electron chi connectivity index (χ0n) is 16.4. The number of hydrogen-bond donors (Lipinski definition) is 0. The summed E-state index contributed by atoms with van der Waals surface area (Å²) in [5, 5.41) is 0.368. The zero-order valence-corrected chi connectivity index (χ0v) is 18.2. The Morgan fingerprint density at radius 1 is 1.31 bits per heavy atom. The summed E-state index contributed by atoms with van der Waals surface area (Å²) in [6.45, 7) is 15.3. The van der Waals surface area contributed by atoms with Crippen LogP contribution in [0.2, 0.25) is 23.3 Å². The highest BCUT2D eigenvalue weighted by molar-refractivity contribution is 6.74. The summed E-state index contributed by atoms with van der Waals surface area (Å²) in [4.78, 5) is 12.8. The predicted molar refractivity (Wildman–Crippen MR) is 103 cm³/mol. The summed E-state index contributed by atoms with van der Waals surface area (Å²) in [6, 6.07) is 0. The first-order valence-electron chi connectivity index (χ1n) is 8.74. The predicted octanol–water partition coefficient (Wildman–Crippen LogP) is 4.15. The number of nitrogens with zero attached hydrogens (tertiary/aromatic N) is 4. The molecule has 26 heavy (non-hydrogen) atoms. The maximum absolute atomic E-state index is 6.73. The lowest BCUT2D eigenvalue weighted by atomic mass is 10.2. The smallest absolute Gasteiger partial charge is 0.194 e. The van der Waals surface area contributed by atoms with Crippen molar-refractivity contribution in [1.29, 1.82) is 0 Å². The van der Waals surface area contributed by atoms with Gasteiger partial charge in [0, 0.05) is 0 Å². The number of hydrogen-bond acceptors (Lipinski definition) is 6. The first kappa shape index (κ1) is 19.7. The summed E-state index contributed by atoms with van der Waals surface area (Å²) < 4.78 is 20.5. The van der Waals surface area contributed by atoms with Crippen molar-refractivity contribution < 1.29 is 13.9 Å². The fourth-order valence-electron chi connectivity index (χ4n) is 2.66. The van der Waals surface area contributed by atoms with E-state index in [-0.39, 0.29) is 11.1 Å². The van der Waals surface area contributed by atoms with Gasteiger partial charge in [0.1, 0.15) is 17.9 Å². The van der Waals surface area contributed by atoms with Crippen LogP contribution < -0.4 is 0 Å². The van der Waals surface area contributed by atoms with Crippen LogP contribution in [-0.4, -0.2) is 46.3 Å². The number of rotatable bonds is 4. The second kappa shape index (κ2) is 6.52. The molecular formula is C17H27ClN4O3Si. The molecule has 0 amide bonds. The normalized spacial score (nSPS) is 22.1. The van der Waals surface area contributed by atoms with E-state index < -0.39 is 20.3 Å². The molecular weight excluding hydrogens is 372 g/mol. The van der Waals surface area contributed by atoms with Gasteiger partial charge < -0.3 is 13.9 Å². The summed E-state index contributed by atoms with van der Waals surface area (Å²) in [5.41, 5.74) is 1.18. The van der Waals surface area contributed by atoms with Crippen LogP contribution in [0.25, 0.3) is 11.2 Å². The monoisotopic (exact) mass is 398 g/mol. The third-order valence-corrected chi connectivity index (χ3v) is 9.88. The van der Waals surface area contributed by atoms with Gasteiger partial charge in [-0.15, -0.1) is 0 Å². The number of aromatic nitrogens is 4. The number of fused-ring (bicyclic) bond motifs is 1. The molecule has 0 aliphatic carbocycles. The molecule has 7 nitrogen and oxygen atoms in total. The summed E-state index contributed by atoms with van der Waals surface area (Å²) >= 11 is 6.17. The molecule has 144 valence electrons. The largest absolute Gasteiger partial charge is 0.395 e. The van der Waals surface area contributed by atoms with Crippen LogP contribution in [0.4, 0.5) is 0 Å². The summed E-state index contributed by atoms with van der Waals surface area (Å²) in [6.07, 6.45) is 2.44. The third-order valence-electron chi connectivity index (χ3n) is 5.16. The minimum Gasteiger partial charge on any atom is -0.395 e. The number of ether oxygens (including phenoxy) is 2. The lowest BCUT2D eigenvalue weighted by molar-refractivity contribution is -0.156. The molecule has 3 rings (SSSR count). The number of imidazole rings is 1. The minimum atomic E-state index is -2.10. The van der Waals surface area contributed by atoms with Gasteiger partial charge in [-0.05, 0) is 32.0 Å². The van der Waals surface area contributed by atoms with Gasteiger partial charge in [0.15, 0.2) is 31.1 Å². The Balaban J connectivity index is 2.04. The van der Waals surface area contributed by atoms with Crippen molar-refractivity contribution in [3.05, 3.63) is 17.8 Å². The molecule has 0 N–H and O–H groups in total. The van der Waals surface area contributed by atoms with Crippen molar-refractivity contribution in [2.75, 3.05) is 6.61 Å². The van der Waals surface area contributed by atoms with Crippen LogP contribution in [0.1, 0.15) is 40.8 Å². The molecule has 0 unspecified atom stereocenters. The lowest BCUT2D eigenvalue weighted by Gasteiger charge is -2.40. The van der Waals surface area contributed by atoms with E-state index in [1.807, 2.05) is 18.4 Å². The quantitative estimate of drug-likeness (QED) is 0.569. The van der Waals surface area contributed by atoms with E-state index in [9.17, 15) is 0 Å². The molecule has 1 aliphatic heterocycles. The molecule has 2 aromatic heterocycles. The van der Waals surface area contributed by atoms with Crippen molar-refractivity contribution in [3.8, 4) is 0 Å². The highest BCUT2D eigenvalue weighted by Crippen LogP contribution is 2.41. The van der Waals surface area contributed by atoms with Crippen molar-refractivity contribution in [2.45, 2.75) is 70.9 Å². The van der Waals surface area contributed by atoms with Crippen molar-refractivity contribution in [1.82, 2.24) is 19.5 Å². The molecule has 2 aromatic rings. The van der Waals surface area contributed by atoms with E-state index in [1.165, 1.54) is 6.33 Å². The number of halogens is 1. The molecule has 0 spiro atoms. The molecule has 3 heterocycles. The fourth-order valence-corrected chi connectivity index (χ4v) is 4.06. The van der Waals surface area contributed by atoms with Gasteiger partial charge in [0.25, 0.3) is 0 Å².